The topological polar surface area (TPSA) is 46.5 Å². The van der Waals surface area contributed by atoms with Gasteiger partial charge in [0.1, 0.15) is 0 Å². The summed E-state index contributed by atoms with van der Waals surface area (Å²) in [6, 6.07) is 12.4. The molecule has 1 atom stereocenters. The first-order valence-corrected chi connectivity index (χ1v) is 6.17. The molecule has 0 saturated heterocycles. The van der Waals surface area contributed by atoms with E-state index in [4.69, 9.17) is 16.3 Å². The van der Waals surface area contributed by atoms with E-state index in [0.29, 0.717) is 16.1 Å². The van der Waals surface area contributed by atoms with E-state index in [1.165, 1.54) is 7.11 Å². The molecule has 2 aromatic rings. The highest BCUT2D eigenvalue weighted by Crippen LogP contribution is 2.48. The number of methoxy groups -OCH3 is 1. The maximum atomic E-state index is 12.1. The van der Waals surface area contributed by atoms with Crippen molar-refractivity contribution in [3.63, 3.8) is 0 Å². The van der Waals surface area contributed by atoms with Crippen LogP contribution in [0.15, 0.2) is 42.5 Å². The number of carbonyl (C=O) groups is 1. The molecule has 0 radical (unpaired) electrons. The van der Waals surface area contributed by atoms with Gasteiger partial charge in [-0.25, -0.2) is 4.79 Å². The van der Waals surface area contributed by atoms with Gasteiger partial charge >= 0.3 is 5.97 Å². The third-order valence-corrected chi connectivity index (χ3v) is 3.69. The van der Waals surface area contributed by atoms with Crippen LogP contribution in [0, 0.1) is 0 Å². The Kier molecular flexibility index (Phi) is 2.62. The molecule has 96 valence electrons. The monoisotopic (exact) mass is 274 g/mol. The first kappa shape index (κ1) is 12.2. The number of hydrogen-bond donors (Lipinski definition) is 1. The second kappa shape index (κ2) is 4.08. The molecule has 4 heteroatoms. The van der Waals surface area contributed by atoms with Gasteiger partial charge in [-0.3, -0.25) is 0 Å². The summed E-state index contributed by atoms with van der Waals surface area (Å²) in [6.45, 7) is 0. The summed E-state index contributed by atoms with van der Waals surface area (Å²) in [5, 5.41) is 11.3. The minimum absolute atomic E-state index is 0.466. The summed E-state index contributed by atoms with van der Waals surface area (Å²) in [5.41, 5.74) is 0.827. The molecule has 0 unspecified atom stereocenters. The molecule has 1 aliphatic carbocycles. The Labute approximate surface area is 115 Å². The largest absolute Gasteiger partial charge is 0.466 e. The van der Waals surface area contributed by atoms with Crippen molar-refractivity contribution < 1.29 is 14.6 Å². The molecule has 2 aromatic carbocycles. The number of benzene rings is 2. The van der Waals surface area contributed by atoms with E-state index in [0.717, 1.165) is 11.1 Å². The number of esters is 1. The minimum Gasteiger partial charge on any atom is -0.466 e. The van der Waals surface area contributed by atoms with E-state index in [9.17, 15) is 9.90 Å². The van der Waals surface area contributed by atoms with Crippen LogP contribution in [0.3, 0.4) is 0 Å². The molecule has 0 saturated carbocycles. The average molecular weight is 275 g/mol. The standard InChI is InChI=1S/C15H11ClO3/c1-19-14(17)15(18)12-5-3-2-4-10(12)11-7-6-9(16)8-13(11)15/h2-8,18H,1H3/t15-/m1/s1. The van der Waals surface area contributed by atoms with E-state index >= 15 is 0 Å². The van der Waals surface area contributed by atoms with Crippen LogP contribution in [0.5, 0.6) is 0 Å². The normalized spacial score (nSPS) is 19.7. The third kappa shape index (κ3) is 1.52. The summed E-state index contributed by atoms with van der Waals surface area (Å²) in [4.78, 5) is 12.1. The van der Waals surface area contributed by atoms with Gasteiger partial charge in [-0.05, 0) is 23.3 Å². The maximum Gasteiger partial charge on any atom is 0.347 e. The number of rotatable bonds is 1. The first-order valence-electron chi connectivity index (χ1n) is 5.79. The number of fused-ring (bicyclic) bond motifs is 3. The van der Waals surface area contributed by atoms with Crippen LogP contribution in [0.1, 0.15) is 11.1 Å². The molecule has 0 aromatic heterocycles. The molecule has 3 nitrogen and oxygen atoms in total. The SMILES string of the molecule is COC(=O)[C@@]1(O)c2ccccc2-c2ccc(Cl)cc21. The Hall–Kier alpha value is -1.84. The van der Waals surface area contributed by atoms with Crippen molar-refractivity contribution >= 4 is 17.6 Å². The molecule has 1 N–H and O–H groups in total. The second-order valence-electron chi connectivity index (χ2n) is 4.44. The Balaban J connectivity index is 2.38. The van der Waals surface area contributed by atoms with E-state index in [2.05, 4.69) is 0 Å². The van der Waals surface area contributed by atoms with Crippen LogP contribution in [0.4, 0.5) is 0 Å². The van der Waals surface area contributed by atoms with Crippen LogP contribution < -0.4 is 0 Å². The van der Waals surface area contributed by atoms with Crippen molar-refractivity contribution in [2.45, 2.75) is 5.60 Å². The van der Waals surface area contributed by atoms with Gasteiger partial charge < -0.3 is 9.84 Å². The lowest BCUT2D eigenvalue weighted by Crippen LogP contribution is -2.36. The predicted molar refractivity (Wildman–Crippen MR) is 71.9 cm³/mol. The summed E-state index contributed by atoms with van der Waals surface area (Å²) < 4.78 is 4.76. The number of ether oxygens (including phenoxy) is 1. The molecule has 0 amide bonds. The Morgan fingerprint density at radius 3 is 2.58 bits per heavy atom. The highest BCUT2D eigenvalue weighted by Gasteiger charge is 2.48. The smallest absolute Gasteiger partial charge is 0.347 e. The number of halogens is 1. The fraction of sp³-hybridized carbons (Fsp3) is 0.133. The lowest BCUT2D eigenvalue weighted by Gasteiger charge is -2.22. The predicted octanol–water partition coefficient (Wildman–Crippen LogP) is 2.73. The third-order valence-electron chi connectivity index (χ3n) is 3.46. The van der Waals surface area contributed by atoms with Crippen molar-refractivity contribution in [1.82, 2.24) is 0 Å². The van der Waals surface area contributed by atoms with Gasteiger partial charge in [0.25, 0.3) is 0 Å². The van der Waals surface area contributed by atoms with Crippen molar-refractivity contribution in [3.05, 3.63) is 58.6 Å². The van der Waals surface area contributed by atoms with Crippen molar-refractivity contribution in [3.8, 4) is 11.1 Å². The zero-order valence-electron chi connectivity index (χ0n) is 10.2. The van der Waals surface area contributed by atoms with Crippen LogP contribution in [-0.2, 0) is 15.1 Å². The Morgan fingerprint density at radius 1 is 1.16 bits per heavy atom. The molecule has 0 spiro atoms. The highest BCUT2D eigenvalue weighted by molar-refractivity contribution is 6.30. The number of hydrogen-bond acceptors (Lipinski definition) is 3. The van der Waals surface area contributed by atoms with Crippen molar-refractivity contribution in [1.29, 1.82) is 0 Å². The van der Waals surface area contributed by atoms with Gasteiger partial charge in [-0.2, -0.15) is 0 Å². The van der Waals surface area contributed by atoms with Crippen molar-refractivity contribution in [2.24, 2.45) is 0 Å². The lowest BCUT2D eigenvalue weighted by atomic mass is 9.91. The zero-order chi connectivity index (χ0) is 13.6. The Bertz CT molecular complexity index is 681. The number of aliphatic hydroxyl groups is 1. The van der Waals surface area contributed by atoms with Gasteiger partial charge in [0.15, 0.2) is 0 Å². The van der Waals surface area contributed by atoms with Gasteiger partial charge in [-0.1, -0.05) is 41.9 Å². The Morgan fingerprint density at radius 2 is 1.84 bits per heavy atom. The lowest BCUT2D eigenvalue weighted by molar-refractivity contribution is -0.158. The fourth-order valence-electron chi connectivity index (χ4n) is 2.60. The minimum atomic E-state index is -1.79. The second-order valence-corrected chi connectivity index (χ2v) is 4.87. The van der Waals surface area contributed by atoms with E-state index in [1.54, 1.807) is 30.3 Å². The van der Waals surface area contributed by atoms with E-state index in [1.807, 2.05) is 12.1 Å². The number of carbonyl (C=O) groups excluding carboxylic acids is 1. The molecule has 19 heavy (non-hydrogen) atoms. The van der Waals surface area contributed by atoms with Gasteiger partial charge in [0.2, 0.25) is 5.60 Å². The molecule has 0 bridgehead atoms. The van der Waals surface area contributed by atoms with Crippen LogP contribution in [-0.4, -0.2) is 18.2 Å². The molecule has 0 aliphatic heterocycles. The van der Waals surface area contributed by atoms with Crippen LogP contribution in [0.25, 0.3) is 11.1 Å². The van der Waals surface area contributed by atoms with E-state index < -0.39 is 11.6 Å². The molecule has 1 aliphatic rings. The van der Waals surface area contributed by atoms with E-state index in [-0.39, 0.29) is 0 Å². The molecular weight excluding hydrogens is 264 g/mol. The van der Waals surface area contributed by atoms with Crippen LogP contribution >= 0.6 is 11.6 Å². The zero-order valence-corrected chi connectivity index (χ0v) is 10.9. The van der Waals surface area contributed by atoms with Crippen molar-refractivity contribution in [2.75, 3.05) is 7.11 Å². The maximum absolute atomic E-state index is 12.1. The van der Waals surface area contributed by atoms with Crippen LogP contribution in [0.2, 0.25) is 5.02 Å². The fourth-order valence-corrected chi connectivity index (χ4v) is 2.77. The molecule has 0 heterocycles. The van der Waals surface area contributed by atoms with Gasteiger partial charge in [0, 0.05) is 16.1 Å². The average Bonchev–Trinajstić information content (AvgIpc) is 2.69. The summed E-state index contributed by atoms with van der Waals surface area (Å²) >= 11 is 5.98. The molecule has 3 rings (SSSR count). The summed E-state index contributed by atoms with van der Waals surface area (Å²) in [5.74, 6) is -0.707. The quantitative estimate of drug-likeness (QED) is 0.814. The molecular formula is C15H11ClO3. The summed E-state index contributed by atoms with van der Waals surface area (Å²) in [7, 11) is 1.26. The molecule has 0 fully saturated rings. The highest BCUT2D eigenvalue weighted by atomic mass is 35.5. The first-order chi connectivity index (χ1) is 9.09. The summed E-state index contributed by atoms with van der Waals surface area (Å²) in [6.07, 6.45) is 0. The van der Waals surface area contributed by atoms with Gasteiger partial charge in [-0.15, -0.1) is 0 Å². The van der Waals surface area contributed by atoms with Gasteiger partial charge in [0.05, 0.1) is 7.11 Å².